The van der Waals surface area contributed by atoms with Crippen molar-refractivity contribution in [2.45, 2.75) is 26.4 Å². The standard InChI is InChI=1S/C31H27N3O2/c1-22-12-11-17-26(20-22)34-29(32-28-19-10-9-18-27(28)31(34)36)23(2)33(21-24-13-5-3-6-14-24)30(35)25-15-7-4-8-16-25/h3-20,23H,21H2,1-2H3. The third-order valence-corrected chi connectivity index (χ3v) is 6.38. The summed E-state index contributed by atoms with van der Waals surface area (Å²) in [6.45, 7) is 4.31. The van der Waals surface area contributed by atoms with Crippen molar-refractivity contribution >= 4 is 16.8 Å². The molecule has 1 atom stereocenters. The second kappa shape index (κ2) is 10.0. The van der Waals surface area contributed by atoms with Gasteiger partial charge in [-0.05, 0) is 61.4 Å². The van der Waals surface area contributed by atoms with Gasteiger partial charge < -0.3 is 4.90 Å². The molecule has 0 aliphatic rings. The molecule has 1 unspecified atom stereocenters. The van der Waals surface area contributed by atoms with Crippen LogP contribution in [0.4, 0.5) is 0 Å². The molecule has 0 N–H and O–H groups in total. The number of nitrogens with zero attached hydrogens (tertiary/aromatic N) is 3. The van der Waals surface area contributed by atoms with Crippen molar-refractivity contribution in [3.8, 4) is 5.69 Å². The Labute approximate surface area is 210 Å². The molecule has 178 valence electrons. The van der Waals surface area contributed by atoms with Crippen molar-refractivity contribution in [2.24, 2.45) is 0 Å². The lowest BCUT2D eigenvalue weighted by Crippen LogP contribution is -2.37. The molecule has 4 aromatic carbocycles. The molecule has 0 aliphatic heterocycles. The maximum absolute atomic E-state index is 13.8. The normalized spacial score (nSPS) is 11.8. The number of hydrogen-bond donors (Lipinski definition) is 0. The average Bonchev–Trinajstić information content (AvgIpc) is 2.92. The first kappa shape index (κ1) is 23.2. The van der Waals surface area contributed by atoms with E-state index in [2.05, 4.69) is 0 Å². The number of carbonyl (C=O) groups excluding carboxylic acids is 1. The molecule has 0 saturated heterocycles. The first-order chi connectivity index (χ1) is 17.5. The predicted octanol–water partition coefficient (Wildman–Crippen LogP) is 6.10. The SMILES string of the molecule is Cc1cccc(-n2c(C(C)N(Cc3ccccc3)C(=O)c3ccccc3)nc3ccccc3c2=O)c1. The summed E-state index contributed by atoms with van der Waals surface area (Å²) in [4.78, 5) is 34.4. The van der Waals surface area contributed by atoms with Gasteiger partial charge in [0, 0.05) is 12.1 Å². The lowest BCUT2D eigenvalue weighted by Gasteiger charge is -2.31. The molecule has 1 heterocycles. The van der Waals surface area contributed by atoms with Crippen LogP contribution >= 0.6 is 0 Å². The smallest absolute Gasteiger partial charge is 0.266 e. The van der Waals surface area contributed by atoms with E-state index in [1.165, 1.54) is 0 Å². The maximum atomic E-state index is 13.8. The number of fused-ring (bicyclic) bond motifs is 1. The summed E-state index contributed by atoms with van der Waals surface area (Å²) in [6.07, 6.45) is 0. The monoisotopic (exact) mass is 473 g/mol. The molecule has 1 amide bonds. The zero-order chi connectivity index (χ0) is 25.1. The molecule has 0 saturated carbocycles. The van der Waals surface area contributed by atoms with Crippen LogP contribution in [0.25, 0.3) is 16.6 Å². The van der Waals surface area contributed by atoms with E-state index in [4.69, 9.17) is 4.98 Å². The van der Waals surface area contributed by atoms with Gasteiger partial charge in [-0.1, -0.05) is 72.8 Å². The van der Waals surface area contributed by atoms with E-state index in [-0.39, 0.29) is 11.5 Å². The quantitative estimate of drug-likeness (QED) is 0.300. The van der Waals surface area contributed by atoms with Crippen molar-refractivity contribution in [3.63, 3.8) is 0 Å². The fourth-order valence-corrected chi connectivity index (χ4v) is 4.50. The Hall–Kier alpha value is -4.51. The largest absolute Gasteiger partial charge is 0.324 e. The third kappa shape index (κ3) is 4.56. The summed E-state index contributed by atoms with van der Waals surface area (Å²) in [5.74, 6) is 0.398. The van der Waals surface area contributed by atoms with Crippen LogP contribution < -0.4 is 5.56 Å². The second-order valence-corrected chi connectivity index (χ2v) is 8.93. The molecule has 1 aromatic heterocycles. The van der Waals surface area contributed by atoms with E-state index in [1.54, 1.807) is 15.5 Å². The molecule has 5 aromatic rings. The third-order valence-electron chi connectivity index (χ3n) is 6.38. The van der Waals surface area contributed by atoms with Crippen molar-refractivity contribution in [3.05, 3.63) is 142 Å². The van der Waals surface area contributed by atoms with Crippen LogP contribution in [0.2, 0.25) is 0 Å². The molecule has 5 rings (SSSR count). The molecule has 0 aliphatic carbocycles. The molecule has 36 heavy (non-hydrogen) atoms. The molecule has 0 radical (unpaired) electrons. The molecule has 5 heteroatoms. The second-order valence-electron chi connectivity index (χ2n) is 8.93. The van der Waals surface area contributed by atoms with Gasteiger partial charge in [0.25, 0.3) is 11.5 Å². The van der Waals surface area contributed by atoms with Gasteiger partial charge in [0.15, 0.2) is 0 Å². The number of carbonyl (C=O) groups is 1. The molecule has 0 fully saturated rings. The van der Waals surface area contributed by atoms with E-state index in [0.29, 0.717) is 28.8 Å². The lowest BCUT2D eigenvalue weighted by atomic mass is 10.1. The van der Waals surface area contributed by atoms with Crippen LogP contribution in [-0.2, 0) is 6.54 Å². The summed E-state index contributed by atoms with van der Waals surface area (Å²) in [5.41, 5.74) is 3.81. The van der Waals surface area contributed by atoms with Crippen molar-refractivity contribution in [1.29, 1.82) is 0 Å². The number of aromatic nitrogens is 2. The fraction of sp³-hybridized carbons (Fsp3) is 0.129. The Bertz CT molecular complexity index is 1580. The van der Waals surface area contributed by atoms with Gasteiger partial charge in [-0.15, -0.1) is 0 Å². The highest BCUT2D eigenvalue weighted by Crippen LogP contribution is 2.26. The molecule has 0 spiro atoms. The summed E-state index contributed by atoms with van der Waals surface area (Å²) in [5, 5.41) is 0.541. The number of aryl methyl sites for hydroxylation is 1. The molecule has 5 nitrogen and oxygen atoms in total. The topological polar surface area (TPSA) is 55.2 Å². The predicted molar refractivity (Wildman–Crippen MR) is 143 cm³/mol. The average molecular weight is 474 g/mol. The number of benzene rings is 4. The molecule has 0 bridgehead atoms. The first-order valence-corrected chi connectivity index (χ1v) is 12.0. The fourth-order valence-electron chi connectivity index (χ4n) is 4.50. The summed E-state index contributed by atoms with van der Waals surface area (Å²) in [7, 11) is 0. The van der Waals surface area contributed by atoms with Crippen LogP contribution in [0.15, 0.2) is 114 Å². The Balaban J connectivity index is 1.71. The highest BCUT2D eigenvalue weighted by molar-refractivity contribution is 5.94. The van der Waals surface area contributed by atoms with Gasteiger partial charge in [0.1, 0.15) is 5.82 Å². The maximum Gasteiger partial charge on any atom is 0.266 e. The van der Waals surface area contributed by atoms with Crippen LogP contribution in [0, 0.1) is 6.92 Å². The van der Waals surface area contributed by atoms with Crippen LogP contribution in [0.1, 0.15) is 40.3 Å². The van der Waals surface area contributed by atoms with Gasteiger partial charge in [-0.3, -0.25) is 14.2 Å². The van der Waals surface area contributed by atoms with Crippen molar-refractivity contribution in [2.75, 3.05) is 0 Å². The van der Waals surface area contributed by atoms with Gasteiger partial charge in [-0.2, -0.15) is 0 Å². The van der Waals surface area contributed by atoms with Crippen LogP contribution in [-0.4, -0.2) is 20.4 Å². The number of rotatable bonds is 6. The van der Waals surface area contributed by atoms with Gasteiger partial charge in [-0.25, -0.2) is 4.98 Å². The van der Waals surface area contributed by atoms with E-state index in [1.807, 2.05) is 117 Å². The van der Waals surface area contributed by atoms with Crippen molar-refractivity contribution in [1.82, 2.24) is 14.5 Å². The van der Waals surface area contributed by atoms with E-state index in [0.717, 1.165) is 16.8 Å². The van der Waals surface area contributed by atoms with E-state index in [9.17, 15) is 9.59 Å². The Kier molecular flexibility index (Phi) is 6.46. The molecular formula is C31H27N3O2. The zero-order valence-corrected chi connectivity index (χ0v) is 20.3. The zero-order valence-electron chi connectivity index (χ0n) is 20.3. The Morgan fingerprint density at radius 1 is 0.861 bits per heavy atom. The minimum absolute atomic E-state index is 0.120. The number of amides is 1. The Morgan fingerprint density at radius 2 is 1.53 bits per heavy atom. The highest BCUT2D eigenvalue weighted by atomic mass is 16.2. The van der Waals surface area contributed by atoms with Gasteiger partial charge in [0.05, 0.1) is 22.6 Å². The first-order valence-electron chi connectivity index (χ1n) is 12.0. The van der Waals surface area contributed by atoms with Crippen LogP contribution in [0.5, 0.6) is 0 Å². The Morgan fingerprint density at radius 3 is 2.25 bits per heavy atom. The number of para-hydroxylation sites is 1. The van der Waals surface area contributed by atoms with Crippen LogP contribution in [0.3, 0.4) is 0 Å². The van der Waals surface area contributed by atoms with Gasteiger partial charge >= 0.3 is 0 Å². The summed E-state index contributed by atoms with van der Waals surface area (Å²) in [6, 6.07) is 33.8. The summed E-state index contributed by atoms with van der Waals surface area (Å²) < 4.78 is 1.65. The highest BCUT2D eigenvalue weighted by Gasteiger charge is 2.28. The summed E-state index contributed by atoms with van der Waals surface area (Å²) >= 11 is 0. The molecular weight excluding hydrogens is 446 g/mol. The van der Waals surface area contributed by atoms with E-state index < -0.39 is 6.04 Å². The van der Waals surface area contributed by atoms with Gasteiger partial charge in [0.2, 0.25) is 0 Å². The van der Waals surface area contributed by atoms with Crippen molar-refractivity contribution < 1.29 is 4.79 Å². The van der Waals surface area contributed by atoms with E-state index >= 15 is 0 Å². The minimum Gasteiger partial charge on any atom is -0.324 e. The minimum atomic E-state index is -0.490. The number of hydrogen-bond acceptors (Lipinski definition) is 3. The lowest BCUT2D eigenvalue weighted by molar-refractivity contribution is 0.0664.